The largest absolute Gasteiger partial charge is 0.481 e. The molecule has 122 valence electrons. The second-order valence-corrected chi connectivity index (χ2v) is 6.38. The standard InChI is InChI=1S/C18H27NO3/c1-4-8-14(17(21)22)13-19-16(20)11-12-18(2,3)15-9-6-5-7-10-15/h5-7,9-10,14H,4,8,11-13H2,1-3H3,(H,19,20)(H,21,22). The highest BCUT2D eigenvalue weighted by molar-refractivity contribution is 5.77. The molecule has 1 amide bonds. The first-order valence-corrected chi connectivity index (χ1v) is 7.92. The number of carbonyl (C=O) groups excluding carboxylic acids is 1. The van der Waals surface area contributed by atoms with Crippen LogP contribution in [0.1, 0.15) is 52.0 Å². The zero-order valence-electron chi connectivity index (χ0n) is 13.8. The van der Waals surface area contributed by atoms with Crippen LogP contribution in [0.2, 0.25) is 0 Å². The SMILES string of the molecule is CCCC(CNC(=O)CCC(C)(C)c1ccccc1)C(=O)O. The Morgan fingerprint density at radius 3 is 2.41 bits per heavy atom. The Morgan fingerprint density at radius 1 is 1.23 bits per heavy atom. The molecule has 0 fully saturated rings. The van der Waals surface area contributed by atoms with E-state index in [9.17, 15) is 9.59 Å². The maximum atomic E-state index is 11.9. The lowest BCUT2D eigenvalue weighted by Gasteiger charge is -2.25. The van der Waals surface area contributed by atoms with Gasteiger partial charge in [-0.2, -0.15) is 0 Å². The zero-order valence-corrected chi connectivity index (χ0v) is 13.8. The summed E-state index contributed by atoms with van der Waals surface area (Å²) in [5, 5.41) is 11.8. The minimum Gasteiger partial charge on any atom is -0.481 e. The molecule has 0 aliphatic heterocycles. The molecule has 1 aromatic rings. The lowest BCUT2D eigenvalue weighted by atomic mass is 9.80. The Bertz CT molecular complexity index is 482. The normalized spacial score (nSPS) is 12.7. The summed E-state index contributed by atoms with van der Waals surface area (Å²) < 4.78 is 0. The number of hydrogen-bond acceptors (Lipinski definition) is 2. The molecular formula is C18H27NO3. The number of hydrogen-bond donors (Lipinski definition) is 2. The third-order valence-corrected chi connectivity index (χ3v) is 4.06. The summed E-state index contributed by atoms with van der Waals surface area (Å²) in [6.07, 6.45) is 2.52. The van der Waals surface area contributed by atoms with Gasteiger partial charge in [-0.1, -0.05) is 57.5 Å². The van der Waals surface area contributed by atoms with Gasteiger partial charge in [-0.05, 0) is 23.8 Å². The quantitative estimate of drug-likeness (QED) is 0.735. The Kier molecular flexibility index (Phi) is 7.09. The van der Waals surface area contributed by atoms with E-state index in [1.54, 1.807) is 0 Å². The van der Waals surface area contributed by atoms with Crippen molar-refractivity contribution in [3.05, 3.63) is 35.9 Å². The van der Waals surface area contributed by atoms with E-state index in [0.717, 1.165) is 12.8 Å². The van der Waals surface area contributed by atoms with Gasteiger partial charge in [0.05, 0.1) is 5.92 Å². The summed E-state index contributed by atoms with van der Waals surface area (Å²) in [5.74, 6) is -1.41. The van der Waals surface area contributed by atoms with Crippen molar-refractivity contribution in [1.82, 2.24) is 5.32 Å². The van der Waals surface area contributed by atoms with Gasteiger partial charge in [-0.25, -0.2) is 0 Å². The van der Waals surface area contributed by atoms with Gasteiger partial charge in [-0.15, -0.1) is 0 Å². The Labute approximate surface area is 132 Å². The lowest BCUT2D eigenvalue weighted by molar-refractivity contribution is -0.141. The number of benzene rings is 1. The second-order valence-electron chi connectivity index (χ2n) is 6.38. The maximum absolute atomic E-state index is 11.9. The molecule has 4 nitrogen and oxygen atoms in total. The van der Waals surface area contributed by atoms with E-state index < -0.39 is 11.9 Å². The number of aliphatic carboxylic acids is 1. The molecular weight excluding hydrogens is 278 g/mol. The first-order valence-electron chi connectivity index (χ1n) is 7.92. The molecule has 2 N–H and O–H groups in total. The Balaban J connectivity index is 2.44. The van der Waals surface area contributed by atoms with E-state index in [-0.39, 0.29) is 17.9 Å². The second kappa shape index (κ2) is 8.57. The summed E-state index contributed by atoms with van der Waals surface area (Å²) in [6, 6.07) is 10.1. The average molecular weight is 305 g/mol. The number of carbonyl (C=O) groups is 2. The molecule has 0 aliphatic rings. The van der Waals surface area contributed by atoms with E-state index in [4.69, 9.17) is 5.11 Å². The molecule has 4 heteroatoms. The van der Waals surface area contributed by atoms with Crippen LogP contribution in [0.25, 0.3) is 0 Å². The van der Waals surface area contributed by atoms with Crippen molar-refractivity contribution in [2.24, 2.45) is 5.92 Å². The van der Waals surface area contributed by atoms with Crippen LogP contribution in [0.5, 0.6) is 0 Å². The van der Waals surface area contributed by atoms with Gasteiger partial charge in [0.25, 0.3) is 0 Å². The summed E-state index contributed by atoms with van der Waals surface area (Å²) in [6.45, 7) is 6.40. The zero-order chi connectivity index (χ0) is 16.6. The highest BCUT2D eigenvalue weighted by atomic mass is 16.4. The summed E-state index contributed by atoms with van der Waals surface area (Å²) in [5.41, 5.74) is 1.13. The highest BCUT2D eigenvalue weighted by Crippen LogP contribution is 2.27. The van der Waals surface area contributed by atoms with Crippen molar-refractivity contribution in [1.29, 1.82) is 0 Å². The van der Waals surface area contributed by atoms with Crippen LogP contribution >= 0.6 is 0 Å². The van der Waals surface area contributed by atoms with E-state index in [0.29, 0.717) is 12.8 Å². The fraction of sp³-hybridized carbons (Fsp3) is 0.556. The monoisotopic (exact) mass is 305 g/mol. The first kappa shape index (κ1) is 18.2. The van der Waals surface area contributed by atoms with Gasteiger partial charge in [0, 0.05) is 13.0 Å². The van der Waals surface area contributed by atoms with Crippen molar-refractivity contribution in [2.75, 3.05) is 6.54 Å². The average Bonchev–Trinajstić information content (AvgIpc) is 2.50. The lowest BCUT2D eigenvalue weighted by Crippen LogP contribution is -2.33. The van der Waals surface area contributed by atoms with Gasteiger partial charge in [0.1, 0.15) is 0 Å². The molecule has 0 saturated heterocycles. The topological polar surface area (TPSA) is 66.4 Å². The van der Waals surface area contributed by atoms with Crippen LogP contribution in [0.4, 0.5) is 0 Å². The molecule has 1 aromatic carbocycles. The molecule has 0 bridgehead atoms. The number of carboxylic acids is 1. The number of nitrogens with one attached hydrogen (secondary N) is 1. The third kappa shape index (κ3) is 5.88. The summed E-state index contributed by atoms with van der Waals surface area (Å²) in [4.78, 5) is 23.0. The maximum Gasteiger partial charge on any atom is 0.308 e. The molecule has 1 unspecified atom stereocenters. The molecule has 0 spiro atoms. The number of carboxylic acid groups (broad SMARTS) is 1. The molecule has 0 aromatic heterocycles. The fourth-order valence-electron chi connectivity index (χ4n) is 2.45. The van der Waals surface area contributed by atoms with Crippen molar-refractivity contribution in [2.45, 2.75) is 51.9 Å². The Hall–Kier alpha value is -1.84. The number of rotatable bonds is 9. The van der Waals surface area contributed by atoms with Crippen LogP contribution in [-0.4, -0.2) is 23.5 Å². The predicted octanol–water partition coefficient (Wildman–Crippen LogP) is 3.36. The third-order valence-electron chi connectivity index (χ3n) is 4.06. The number of amides is 1. The van der Waals surface area contributed by atoms with E-state index in [2.05, 4.69) is 31.3 Å². The van der Waals surface area contributed by atoms with Crippen molar-refractivity contribution >= 4 is 11.9 Å². The summed E-state index contributed by atoms with van der Waals surface area (Å²) >= 11 is 0. The molecule has 0 heterocycles. The molecule has 1 atom stereocenters. The van der Waals surface area contributed by atoms with Crippen LogP contribution in [-0.2, 0) is 15.0 Å². The van der Waals surface area contributed by atoms with E-state index in [1.807, 2.05) is 25.1 Å². The van der Waals surface area contributed by atoms with Crippen LogP contribution in [0.15, 0.2) is 30.3 Å². The minimum absolute atomic E-state index is 0.0752. The van der Waals surface area contributed by atoms with Crippen molar-refractivity contribution in [3.8, 4) is 0 Å². The van der Waals surface area contributed by atoms with Crippen LogP contribution in [0.3, 0.4) is 0 Å². The first-order chi connectivity index (χ1) is 10.4. The van der Waals surface area contributed by atoms with Gasteiger partial charge in [0.15, 0.2) is 0 Å². The van der Waals surface area contributed by atoms with Crippen molar-refractivity contribution in [3.63, 3.8) is 0 Å². The van der Waals surface area contributed by atoms with Gasteiger partial charge < -0.3 is 10.4 Å². The molecule has 1 rings (SSSR count). The summed E-state index contributed by atoms with van der Waals surface area (Å²) in [7, 11) is 0. The van der Waals surface area contributed by atoms with Crippen LogP contribution in [0, 0.1) is 5.92 Å². The fourth-order valence-corrected chi connectivity index (χ4v) is 2.45. The van der Waals surface area contributed by atoms with Gasteiger partial charge >= 0.3 is 5.97 Å². The van der Waals surface area contributed by atoms with Crippen LogP contribution < -0.4 is 5.32 Å². The highest BCUT2D eigenvalue weighted by Gasteiger charge is 2.22. The molecule has 0 radical (unpaired) electrons. The van der Waals surface area contributed by atoms with Crippen molar-refractivity contribution < 1.29 is 14.7 Å². The molecule has 22 heavy (non-hydrogen) atoms. The van der Waals surface area contributed by atoms with E-state index in [1.165, 1.54) is 5.56 Å². The van der Waals surface area contributed by atoms with E-state index >= 15 is 0 Å². The molecule has 0 saturated carbocycles. The van der Waals surface area contributed by atoms with Gasteiger partial charge in [-0.3, -0.25) is 9.59 Å². The smallest absolute Gasteiger partial charge is 0.308 e. The van der Waals surface area contributed by atoms with Gasteiger partial charge in [0.2, 0.25) is 5.91 Å². The predicted molar refractivity (Wildman–Crippen MR) is 87.7 cm³/mol. The Morgan fingerprint density at radius 2 is 1.86 bits per heavy atom. The minimum atomic E-state index is -0.841. The molecule has 0 aliphatic carbocycles.